The van der Waals surface area contributed by atoms with E-state index in [0.717, 1.165) is 31.8 Å². The summed E-state index contributed by atoms with van der Waals surface area (Å²) in [5.74, 6) is 0.205. The highest BCUT2D eigenvalue weighted by molar-refractivity contribution is 5.74. The zero-order valence-corrected chi connectivity index (χ0v) is 9.70. The molecule has 2 rings (SSSR count). The summed E-state index contributed by atoms with van der Waals surface area (Å²) in [6.45, 7) is 5.97. The number of hydrogen-bond acceptors (Lipinski definition) is 2. The molecule has 0 bridgehead atoms. The highest BCUT2D eigenvalue weighted by atomic mass is 16.4. The average molecular weight is 211 g/mol. The summed E-state index contributed by atoms with van der Waals surface area (Å²) in [6, 6.07) is 0.587. The first-order chi connectivity index (χ1) is 7.03. The molecule has 1 N–H and O–H groups in total. The molecule has 1 aliphatic carbocycles. The van der Waals surface area contributed by atoms with Crippen LogP contribution in [0.5, 0.6) is 0 Å². The maximum Gasteiger partial charge on any atom is 0.310 e. The van der Waals surface area contributed by atoms with E-state index in [-0.39, 0.29) is 0 Å². The molecule has 2 fully saturated rings. The molecule has 3 heteroatoms. The minimum Gasteiger partial charge on any atom is -0.481 e. The Balaban J connectivity index is 1.99. The van der Waals surface area contributed by atoms with Crippen molar-refractivity contribution in [2.24, 2.45) is 11.3 Å². The van der Waals surface area contributed by atoms with Crippen LogP contribution < -0.4 is 0 Å². The predicted molar refractivity (Wildman–Crippen MR) is 58.7 cm³/mol. The number of rotatable bonds is 3. The van der Waals surface area contributed by atoms with Crippen LogP contribution in [0.4, 0.5) is 0 Å². The molecule has 0 spiro atoms. The molecule has 0 aromatic heterocycles. The number of carboxylic acid groups (broad SMARTS) is 1. The van der Waals surface area contributed by atoms with Crippen molar-refractivity contribution in [1.82, 2.24) is 4.90 Å². The van der Waals surface area contributed by atoms with Crippen molar-refractivity contribution in [3.8, 4) is 0 Å². The summed E-state index contributed by atoms with van der Waals surface area (Å²) < 4.78 is 0. The van der Waals surface area contributed by atoms with Crippen LogP contribution >= 0.6 is 0 Å². The number of piperidine rings is 1. The first kappa shape index (κ1) is 10.9. The lowest BCUT2D eigenvalue weighted by Crippen LogP contribution is -2.49. The van der Waals surface area contributed by atoms with Crippen molar-refractivity contribution >= 4 is 5.97 Å². The van der Waals surface area contributed by atoms with Gasteiger partial charge in [0.25, 0.3) is 0 Å². The summed E-state index contributed by atoms with van der Waals surface area (Å²) in [5.41, 5.74) is -0.512. The molecule has 1 heterocycles. The molecule has 0 radical (unpaired) electrons. The van der Waals surface area contributed by atoms with E-state index in [1.165, 1.54) is 12.8 Å². The first-order valence-electron chi connectivity index (χ1n) is 6.00. The summed E-state index contributed by atoms with van der Waals surface area (Å²) >= 11 is 0. The molecule has 3 nitrogen and oxygen atoms in total. The third-order valence-electron chi connectivity index (χ3n) is 4.12. The smallest absolute Gasteiger partial charge is 0.310 e. The van der Waals surface area contributed by atoms with Crippen LogP contribution in [0.2, 0.25) is 0 Å². The van der Waals surface area contributed by atoms with E-state index in [4.69, 9.17) is 0 Å². The topological polar surface area (TPSA) is 40.5 Å². The molecule has 2 aliphatic rings. The van der Waals surface area contributed by atoms with Crippen LogP contribution in [0.1, 0.15) is 39.5 Å². The largest absolute Gasteiger partial charge is 0.481 e. The van der Waals surface area contributed by atoms with Crippen molar-refractivity contribution in [2.45, 2.75) is 45.6 Å². The number of carboxylic acids is 1. The van der Waals surface area contributed by atoms with E-state index < -0.39 is 11.4 Å². The molecule has 2 atom stereocenters. The third kappa shape index (κ3) is 2.17. The van der Waals surface area contributed by atoms with Crippen molar-refractivity contribution in [2.75, 3.05) is 13.1 Å². The predicted octanol–water partition coefficient (Wildman–Crippen LogP) is 1.97. The number of aliphatic carboxylic acids is 1. The highest BCUT2D eigenvalue weighted by Crippen LogP contribution is 2.38. The second-order valence-electron chi connectivity index (χ2n) is 5.52. The maximum atomic E-state index is 11.2. The number of nitrogens with zero attached hydrogens (tertiary/aromatic N) is 1. The Bertz CT molecular complexity index is 262. The van der Waals surface area contributed by atoms with Gasteiger partial charge in [0.05, 0.1) is 5.41 Å². The Kier molecular flexibility index (Phi) is 2.75. The van der Waals surface area contributed by atoms with Crippen molar-refractivity contribution in [3.05, 3.63) is 0 Å². The van der Waals surface area contributed by atoms with Gasteiger partial charge in [-0.25, -0.2) is 0 Å². The SMILES string of the molecule is CC(C1CC1)N1CCCC(C)(C(=O)O)C1. The van der Waals surface area contributed by atoms with E-state index in [9.17, 15) is 9.90 Å². The van der Waals surface area contributed by atoms with Crippen molar-refractivity contribution in [1.29, 1.82) is 0 Å². The first-order valence-corrected chi connectivity index (χ1v) is 6.00. The zero-order valence-electron chi connectivity index (χ0n) is 9.70. The normalized spacial score (nSPS) is 35.1. The van der Waals surface area contributed by atoms with Crippen LogP contribution in [-0.4, -0.2) is 35.1 Å². The minimum atomic E-state index is -0.629. The van der Waals surface area contributed by atoms with Gasteiger partial charge in [0, 0.05) is 12.6 Å². The second kappa shape index (κ2) is 3.78. The van der Waals surface area contributed by atoms with Gasteiger partial charge in [-0.1, -0.05) is 0 Å². The van der Waals surface area contributed by atoms with Gasteiger partial charge in [-0.3, -0.25) is 9.69 Å². The number of hydrogen-bond donors (Lipinski definition) is 1. The zero-order chi connectivity index (χ0) is 11.1. The monoisotopic (exact) mass is 211 g/mol. The Morgan fingerprint density at radius 3 is 2.73 bits per heavy atom. The van der Waals surface area contributed by atoms with Gasteiger partial charge in [-0.2, -0.15) is 0 Å². The lowest BCUT2D eigenvalue weighted by atomic mass is 9.81. The quantitative estimate of drug-likeness (QED) is 0.776. The fourth-order valence-electron chi connectivity index (χ4n) is 2.68. The summed E-state index contributed by atoms with van der Waals surface area (Å²) in [6.07, 6.45) is 4.53. The van der Waals surface area contributed by atoms with E-state index in [2.05, 4.69) is 11.8 Å². The Morgan fingerprint density at radius 1 is 1.53 bits per heavy atom. The summed E-state index contributed by atoms with van der Waals surface area (Å²) in [4.78, 5) is 13.6. The fourth-order valence-corrected chi connectivity index (χ4v) is 2.68. The molecule has 1 saturated heterocycles. The van der Waals surface area contributed by atoms with Gasteiger partial charge in [0.2, 0.25) is 0 Å². The van der Waals surface area contributed by atoms with Gasteiger partial charge in [0.15, 0.2) is 0 Å². The summed E-state index contributed by atoms with van der Waals surface area (Å²) in [7, 11) is 0. The van der Waals surface area contributed by atoms with Crippen molar-refractivity contribution < 1.29 is 9.90 Å². The van der Waals surface area contributed by atoms with Crippen LogP contribution in [0.15, 0.2) is 0 Å². The Morgan fingerprint density at radius 2 is 2.20 bits per heavy atom. The molecule has 86 valence electrons. The molecule has 15 heavy (non-hydrogen) atoms. The standard InChI is InChI=1S/C12H21NO2/c1-9(10-4-5-10)13-7-3-6-12(2,8-13)11(14)15/h9-10H,3-8H2,1-2H3,(H,14,15). The molecule has 2 unspecified atom stereocenters. The summed E-state index contributed by atoms with van der Waals surface area (Å²) in [5, 5.41) is 9.22. The number of likely N-dealkylation sites (tertiary alicyclic amines) is 1. The van der Waals surface area contributed by atoms with Crippen LogP contribution in [0.25, 0.3) is 0 Å². The van der Waals surface area contributed by atoms with Gasteiger partial charge in [0.1, 0.15) is 0 Å². The molecule has 0 aromatic rings. The van der Waals surface area contributed by atoms with Gasteiger partial charge in [-0.15, -0.1) is 0 Å². The molecule has 0 aromatic carbocycles. The van der Waals surface area contributed by atoms with Crippen molar-refractivity contribution in [3.63, 3.8) is 0 Å². The highest BCUT2D eigenvalue weighted by Gasteiger charge is 2.41. The van der Waals surface area contributed by atoms with Gasteiger partial charge >= 0.3 is 5.97 Å². The van der Waals surface area contributed by atoms with E-state index in [1.807, 2.05) is 6.92 Å². The van der Waals surface area contributed by atoms with Crippen LogP contribution in [0.3, 0.4) is 0 Å². The van der Waals surface area contributed by atoms with Crippen LogP contribution in [0, 0.1) is 11.3 Å². The van der Waals surface area contributed by atoms with E-state index >= 15 is 0 Å². The van der Waals surface area contributed by atoms with E-state index in [0.29, 0.717) is 6.04 Å². The minimum absolute atomic E-state index is 0.512. The lowest BCUT2D eigenvalue weighted by molar-refractivity contribution is -0.151. The average Bonchev–Trinajstić information content (AvgIpc) is 3.00. The van der Waals surface area contributed by atoms with Gasteiger partial charge in [-0.05, 0) is 52.0 Å². The fraction of sp³-hybridized carbons (Fsp3) is 0.917. The molecule has 1 aliphatic heterocycles. The maximum absolute atomic E-state index is 11.2. The number of carbonyl (C=O) groups is 1. The Labute approximate surface area is 91.5 Å². The lowest BCUT2D eigenvalue weighted by Gasteiger charge is -2.40. The van der Waals surface area contributed by atoms with E-state index in [1.54, 1.807) is 0 Å². The molecular formula is C12H21NO2. The van der Waals surface area contributed by atoms with Crippen LogP contribution in [-0.2, 0) is 4.79 Å². The molecular weight excluding hydrogens is 190 g/mol. The van der Waals surface area contributed by atoms with Gasteiger partial charge < -0.3 is 5.11 Å². The molecule has 0 amide bonds. The molecule has 1 saturated carbocycles. The third-order valence-corrected chi connectivity index (χ3v) is 4.12. The second-order valence-corrected chi connectivity index (χ2v) is 5.52. The Hall–Kier alpha value is -0.570.